The molecule has 6 nitrogen and oxygen atoms in total. The molecule has 0 aliphatic carbocycles. The van der Waals surface area contributed by atoms with E-state index in [4.69, 9.17) is 47.0 Å². The first-order valence-electron chi connectivity index (χ1n) is 9.50. The van der Waals surface area contributed by atoms with Crippen LogP contribution >= 0.6 is 63.0 Å². The summed E-state index contributed by atoms with van der Waals surface area (Å²) >= 11 is 27.5. The first-order valence-corrected chi connectivity index (χ1v) is 11.8. The number of aromatic nitrogens is 4. The van der Waals surface area contributed by atoms with Crippen LogP contribution in [0, 0.1) is 5.82 Å². The molecule has 2 aromatic heterocycles. The van der Waals surface area contributed by atoms with Gasteiger partial charge in [0, 0.05) is 28.0 Å². The Morgan fingerprint density at radius 3 is 2.30 bits per heavy atom. The number of anilines is 2. The topological polar surface area (TPSA) is 59.7 Å². The number of halogens is 5. The van der Waals surface area contributed by atoms with Crippen molar-refractivity contribution in [2.45, 2.75) is 13.1 Å². The van der Waals surface area contributed by atoms with Gasteiger partial charge in [0.05, 0.1) is 17.6 Å². The Labute approximate surface area is 217 Å². The van der Waals surface area contributed by atoms with Crippen molar-refractivity contribution in [2.75, 3.05) is 10.6 Å². The molecule has 0 saturated heterocycles. The second-order valence-corrected chi connectivity index (χ2v) is 9.40. The molecule has 4 rings (SSSR count). The van der Waals surface area contributed by atoms with Crippen LogP contribution in [0.15, 0.2) is 59.3 Å². The number of nitrogens with zero attached hydrogens (tertiary/aromatic N) is 4. The van der Waals surface area contributed by atoms with Crippen LogP contribution in [0.25, 0.3) is 0 Å². The molecule has 0 aliphatic heterocycles. The van der Waals surface area contributed by atoms with Gasteiger partial charge in [-0.25, -0.2) is 4.39 Å². The van der Waals surface area contributed by atoms with E-state index < -0.39 is 5.82 Å². The lowest BCUT2D eigenvalue weighted by Crippen LogP contribution is -2.20. The highest BCUT2D eigenvalue weighted by Crippen LogP contribution is 2.25. The van der Waals surface area contributed by atoms with Gasteiger partial charge in [-0.3, -0.25) is 9.36 Å². The van der Waals surface area contributed by atoms with E-state index in [0.717, 1.165) is 5.56 Å². The number of rotatable bonds is 6. The summed E-state index contributed by atoms with van der Waals surface area (Å²) in [7, 11) is 0. The van der Waals surface area contributed by atoms with Crippen molar-refractivity contribution in [1.29, 1.82) is 0 Å². The smallest absolute Gasteiger partial charge is 0.177 e. The minimum Gasteiger partial charge on any atom is -0.315 e. The molecule has 0 saturated carbocycles. The molecule has 0 bridgehead atoms. The fourth-order valence-corrected chi connectivity index (χ4v) is 4.24. The Morgan fingerprint density at radius 2 is 1.55 bits per heavy atom. The molecule has 0 radical (unpaired) electrons. The van der Waals surface area contributed by atoms with Crippen molar-refractivity contribution in [3.05, 3.63) is 91.3 Å². The van der Waals surface area contributed by atoms with E-state index in [2.05, 4.69) is 36.8 Å². The molecule has 0 spiro atoms. The fourth-order valence-electron chi connectivity index (χ4n) is 3.02. The van der Waals surface area contributed by atoms with Gasteiger partial charge in [-0.05, 0) is 51.9 Å². The lowest BCUT2D eigenvalue weighted by atomic mass is 10.2. The first kappa shape index (κ1) is 24.0. The Bertz CT molecular complexity index is 1310. The maximum Gasteiger partial charge on any atom is 0.177 e. The van der Waals surface area contributed by atoms with E-state index in [1.54, 1.807) is 23.0 Å². The summed E-state index contributed by atoms with van der Waals surface area (Å²) in [5.74, 6) is 0.402. The maximum atomic E-state index is 14.1. The Hall–Kier alpha value is -2.17. The Morgan fingerprint density at radius 1 is 0.879 bits per heavy atom. The SMILES string of the molecule is Fc1cccc(Cl)c1Cn1cc(Cl)c(NC(=S)Nc2nn(Cc3ccccc3Cl)cc2Br)n1. The molecular formula is C21H15BrCl3FN6S. The molecule has 0 amide bonds. The summed E-state index contributed by atoms with van der Waals surface area (Å²) in [6.07, 6.45) is 3.37. The van der Waals surface area contributed by atoms with Crippen LogP contribution < -0.4 is 10.6 Å². The van der Waals surface area contributed by atoms with Gasteiger partial charge < -0.3 is 10.6 Å². The second-order valence-electron chi connectivity index (χ2n) is 6.92. The van der Waals surface area contributed by atoms with Crippen molar-refractivity contribution in [3.8, 4) is 0 Å². The summed E-state index contributed by atoms with van der Waals surface area (Å²) in [5.41, 5.74) is 1.26. The molecule has 2 heterocycles. The van der Waals surface area contributed by atoms with Gasteiger partial charge >= 0.3 is 0 Å². The highest BCUT2D eigenvalue weighted by atomic mass is 79.9. The summed E-state index contributed by atoms with van der Waals surface area (Å²) in [5, 5.41) is 16.3. The van der Waals surface area contributed by atoms with E-state index in [-0.39, 0.29) is 11.7 Å². The minimum atomic E-state index is -0.418. The molecule has 33 heavy (non-hydrogen) atoms. The monoisotopic (exact) mass is 586 g/mol. The summed E-state index contributed by atoms with van der Waals surface area (Å²) in [6, 6.07) is 12.1. The van der Waals surface area contributed by atoms with Crippen LogP contribution in [0.2, 0.25) is 15.1 Å². The predicted octanol–water partition coefficient (Wildman–Crippen LogP) is 6.85. The van der Waals surface area contributed by atoms with Gasteiger partial charge in [-0.2, -0.15) is 10.2 Å². The number of hydrogen-bond donors (Lipinski definition) is 2. The molecule has 0 fully saturated rings. The van der Waals surface area contributed by atoms with E-state index >= 15 is 0 Å². The number of thiocarbonyl (C=S) groups is 1. The normalized spacial score (nSPS) is 10.9. The van der Waals surface area contributed by atoms with E-state index in [1.807, 2.05) is 30.5 Å². The lowest BCUT2D eigenvalue weighted by Gasteiger charge is -2.08. The van der Waals surface area contributed by atoms with Crippen LogP contribution in [-0.4, -0.2) is 24.7 Å². The fraction of sp³-hybridized carbons (Fsp3) is 0.0952. The zero-order valence-corrected chi connectivity index (χ0v) is 21.4. The van der Waals surface area contributed by atoms with Gasteiger partial charge in [0.1, 0.15) is 10.8 Å². The van der Waals surface area contributed by atoms with E-state index in [9.17, 15) is 4.39 Å². The van der Waals surface area contributed by atoms with Crippen LogP contribution in [-0.2, 0) is 13.1 Å². The standard InChI is InChI=1S/C21H15BrCl3FN6S/c22-14-10-31(8-12-4-1-2-5-15(12)23)29-19(14)27-21(33)28-20-17(25)11-32(30-20)9-13-16(24)6-3-7-18(13)26/h1-7,10-11H,8-9H2,(H2,27,28,29,30,33). The predicted molar refractivity (Wildman–Crippen MR) is 138 cm³/mol. The summed E-state index contributed by atoms with van der Waals surface area (Å²) in [4.78, 5) is 0. The van der Waals surface area contributed by atoms with Crippen molar-refractivity contribution in [2.24, 2.45) is 0 Å². The first-order chi connectivity index (χ1) is 15.8. The number of hydrogen-bond acceptors (Lipinski definition) is 3. The van der Waals surface area contributed by atoms with E-state index in [1.165, 1.54) is 10.7 Å². The number of benzene rings is 2. The molecular weight excluding hydrogens is 574 g/mol. The van der Waals surface area contributed by atoms with Gasteiger partial charge in [0.25, 0.3) is 0 Å². The zero-order valence-electron chi connectivity index (χ0n) is 16.7. The third-order valence-electron chi connectivity index (χ3n) is 4.57. The Kier molecular flexibility index (Phi) is 7.55. The van der Waals surface area contributed by atoms with E-state index in [0.29, 0.717) is 43.3 Å². The molecule has 0 unspecified atom stereocenters. The average molecular weight is 589 g/mol. The van der Waals surface area contributed by atoms with Crippen LogP contribution in [0.5, 0.6) is 0 Å². The van der Waals surface area contributed by atoms with Gasteiger partial charge in [0.15, 0.2) is 16.7 Å². The van der Waals surface area contributed by atoms with Crippen molar-refractivity contribution in [3.63, 3.8) is 0 Å². The van der Waals surface area contributed by atoms with Gasteiger partial charge in [-0.1, -0.05) is 59.1 Å². The Balaban J connectivity index is 1.42. The van der Waals surface area contributed by atoms with Crippen molar-refractivity contribution < 1.29 is 4.39 Å². The maximum absolute atomic E-state index is 14.1. The molecule has 170 valence electrons. The molecule has 2 aromatic carbocycles. The van der Waals surface area contributed by atoms with Crippen molar-refractivity contribution in [1.82, 2.24) is 19.6 Å². The molecule has 0 atom stereocenters. The van der Waals surface area contributed by atoms with Crippen molar-refractivity contribution >= 4 is 79.7 Å². The summed E-state index contributed by atoms with van der Waals surface area (Å²) in [6.45, 7) is 0.611. The molecule has 0 aliphatic rings. The minimum absolute atomic E-state index is 0.116. The highest BCUT2D eigenvalue weighted by molar-refractivity contribution is 9.10. The van der Waals surface area contributed by atoms with Gasteiger partial charge in [0.2, 0.25) is 0 Å². The van der Waals surface area contributed by atoms with Gasteiger partial charge in [-0.15, -0.1) is 0 Å². The highest BCUT2D eigenvalue weighted by Gasteiger charge is 2.14. The summed E-state index contributed by atoms with van der Waals surface area (Å²) < 4.78 is 18.0. The quantitative estimate of drug-likeness (QED) is 0.242. The largest absolute Gasteiger partial charge is 0.315 e. The average Bonchev–Trinajstić information content (AvgIpc) is 3.28. The van der Waals surface area contributed by atoms with Crippen LogP contribution in [0.3, 0.4) is 0 Å². The van der Waals surface area contributed by atoms with Crippen LogP contribution in [0.4, 0.5) is 16.0 Å². The third kappa shape index (κ3) is 5.85. The molecule has 12 heteroatoms. The number of nitrogens with one attached hydrogen (secondary N) is 2. The van der Waals surface area contributed by atoms with Crippen LogP contribution in [0.1, 0.15) is 11.1 Å². The second kappa shape index (κ2) is 10.4. The molecule has 2 N–H and O–H groups in total. The zero-order chi connectivity index (χ0) is 23.5. The lowest BCUT2D eigenvalue weighted by molar-refractivity contribution is 0.586. The third-order valence-corrected chi connectivity index (χ3v) is 6.35. The molecule has 4 aromatic rings.